The number of anilines is 1. The van der Waals surface area contributed by atoms with Crippen LogP contribution in [-0.2, 0) is 4.79 Å². The molecule has 0 aromatic carbocycles. The number of aromatic nitrogens is 2. The number of carbonyl (C=O) groups is 2. The monoisotopic (exact) mass is 308 g/mol. The molecule has 1 aliphatic rings. The molecule has 1 fully saturated rings. The smallest absolute Gasteiger partial charge is 0.291 e. The number of imide groups is 1. The first-order chi connectivity index (χ1) is 8.65. The molecule has 1 N–H and O–H groups in total. The van der Waals surface area contributed by atoms with Crippen LogP contribution in [0.1, 0.15) is 6.42 Å². The Bertz CT molecular complexity index is 652. The third-order valence-electron chi connectivity index (χ3n) is 2.79. The molecule has 0 radical (unpaired) electrons. The second-order valence-corrected chi connectivity index (χ2v) is 4.76. The van der Waals surface area contributed by atoms with Gasteiger partial charge >= 0.3 is 6.03 Å². The minimum absolute atomic E-state index is 0.238. The lowest BCUT2D eigenvalue weighted by Gasteiger charge is -2.26. The van der Waals surface area contributed by atoms with Crippen LogP contribution in [-0.4, -0.2) is 28.1 Å². The van der Waals surface area contributed by atoms with Crippen LogP contribution in [0.5, 0.6) is 0 Å². The number of carbonyl (C=O) groups excluding carboxylic acids is 2. The summed E-state index contributed by atoms with van der Waals surface area (Å²) in [5.41, 5.74) is 1.55. The number of fused-ring (bicyclic) bond motifs is 1. The Morgan fingerprint density at radius 2 is 2.22 bits per heavy atom. The molecule has 1 saturated heterocycles. The molecule has 0 saturated carbocycles. The van der Waals surface area contributed by atoms with Crippen LogP contribution in [0.3, 0.4) is 0 Å². The van der Waals surface area contributed by atoms with Gasteiger partial charge in [-0.15, -0.1) is 0 Å². The molecule has 3 rings (SSSR count). The SMILES string of the molecule is O=C1CCN(c2cccn3nc(Br)cc23)C(=O)N1. The van der Waals surface area contributed by atoms with Crippen LogP contribution >= 0.6 is 15.9 Å². The molecule has 3 heterocycles. The summed E-state index contributed by atoms with van der Waals surface area (Å²) >= 11 is 3.30. The van der Waals surface area contributed by atoms with Crippen molar-refractivity contribution in [1.29, 1.82) is 0 Å². The molecule has 7 heteroatoms. The molecule has 6 nitrogen and oxygen atoms in total. The number of nitrogens with zero attached hydrogens (tertiary/aromatic N) is 3. The number of halogens is 1. The minimum Gasteiger partial charge on any atom is -0.291 e. The summed E-state index contributed by atoms with van der Waals surface area (Å²) in [7, 11) is 0. The summed E-state index contributed by atoms with van der Waals surface area (Å²) < 4.78 is 2.38. The summed E-state index contributed by atoms with van der Waals surface area (Å²) in [5, 5.41) is 6.52. The zero-order chi connectivity index (χ0) is 12.7. The van der Waals surface area contributed by atoms with E-state index in [1.807, 2.05) is 18.2 Å². The van der Waals surface area contributed by atoms with Gasteiger partial charge in [0.15, 0.2) is 0 Å². The van der Waals surface area contributed by atoms with Gasteiger partial charge in [-0.25, -0.2) is 9.31 Å². The number of hydrogen-bond acceptors (Lipinski definition) is 3. The highest BCUT2D eigenvalue weighted by molar-refractivity contribution is 9.10. The maximum atomic E-state index is 11.8. The van der Waals surface area contributed by atoms with E-state index in [0.717, 1.165) is 11.2 Å². The summed E-state index contributed by atoms with van der Waals surface area (Å²) in [4.78, 5) is 24.5. The number of urea groups is 1. The van der Waals surface area contributed by atoms with Crippen molar-refractivity contribution in [1.82, 2.24) is 14.9 Å². The minimum atomic E-state index is -0.392. The van der Waals surface area contributed by atoms with Gasteiger partial charge in [0.1, 0.15) is 4.60 Å². The molecular formula is C11H9BrN4O2. The molecule has 0 atom stereocenters. The Kier molecular flexibility index (Phi) is 2.55. The standard InChI is InChI=1S/C11H9BrN4O2/c12-9-6-8-7(2-1-4-16(8)14-9)15-5-3-10(17)13-11(15)18/h1-2,4,6H,3,5H2,(H,13,17,18). The third-order valence-corrected chi connectivity index (χ3v) is 3.18. The van der Waals surface area contributed by atoms with Gasteiger partial charge in [-0.2, -0.15) is 5.10 Å². The Balaban J connectivity index is 2.08. The lowest BCUT2D eigenvalue weighted by atomic mass is 10.2. The zero-order valence-corrected chi connectivity index (χ0v) is 10.8. The van der Waals surface area contributed by atoms with Gasteiger partial charge in [-0.1, -0.05) is 0 Å². The van der Waals surface area contributed by atoms with E-state index in [1.165, 1.54) is 0 Å². The van der Waals surface area contributed by atoms with E-state index < -0.39 is 6.03 Å². The van der Waals surface area contributed by atoms with Gasteiger partial charge < -0.3 is 0 Å². The molecule has 92 valence electrons. The first kappa shape index (κ1) is 11.2. The van der Waals surface area contributed by atoms with Crippen LogP contribution in [0.25, 0.3) is 5.52 Å². The van der Waals surface area contributed by atoms with Crippen molar-refractivity contribution in [3.8, 4) is 0 Å². The van der Waals surface area contributed by atoms with Crippen LogP contribution in [0.4, 0.5) is 10.5 Å². The number of nitrogens with one attached hydrogen (secondary N) is 1. The molecule has 0 aliphatic carbocycles. The van der Waals surface area contributed by atoms with Crippen molar-refractivity contribution >= 4 is 39.1 Å². The Morgan fingerprint density at radius 1 is 1.39 bits per heavy atom. The van der Waals surface area contributed by atoms with Crippen molar-refractivity contribution in [2.24, 2.45) is 0 Å². The first-order valence-corrected chi connectivity index (χ1v) is 6.20. The molecule has 0 unspecified atom stereocenters. The Labute approximate surface area is 111 Å². The Hall–Kier alpha value is -1.89. The first-order valence-electron chi connectivity index (χ1n) is 5.40. The topological polar surface area (TPSA) is 66.7 Å². The van der Waals surface area contributed by atoms with Crippen molar-refractivity contribution in [2.45, 2.75) is 6.42 Å². The van der Waals surface area contributed by atoms with Crippen molar-refractivity contribution in [3.05, 3.63) is 29.0 Å². The molecule has 2 aromatic rings. The maximum Gasteiger partial charge on any atom is 0.328 e. The van der Waals surface area contributed by atoms with Gasteiger partial charge in [0.05, 0.1) is 11.2 Å². The van der Waals surface area contributed by atoms with Gasteiger partial charge in [-0.05, 0) is 28.1 Å². The second-order valence-electron chi connectivity index (χ2n) is 3.95. The normalized spacial score (nSPS) is 16.2. The van der Waals surface area contributed by atoms with E-state index in [4.69, 9.17) is 0 Å². The number of pyridine rings is 1. The summed E-state index contributed by atoms with van der Waals surface area (Å²) in [6.07, 6.45) is 2.11. The largest absolute Gasteiger partial charge is 0.328 e. The van der Waals surface area contributed by atoms with Gasteiger partial charge in [-0.3, -0.25) is 15.0 Å². The van der Waals surface area contributed by atoms with Crippen LogP contribution in [0, 0.1) is 0 Å². The number of hydrogen-bond donors (Lipinski definition) is 1. The molecule has 0 spiro atoms. The molecule has 2 aromatic heterocycles. The van der Waals surface area contributed by atoms with Crippen LogP contribution < -0.4 is 10.2 Å². The van der Waals surface area contributed by atoms with Crippen molar-refractivity contribution < 1.29 is 9.59 Å². The lowest BCUT2D eigenvalue weighted by molar-refractivity contribution is -0.120. The lowest BCUT2D eigenvalue weighted by Crippen LogP contribution is -2.49. The van der Waals surface area contributed by atoms with E-state index >= 15 is 0 Å². The second kappa shape index (κ2) is 4.09. The molecule has 18 heavy (non-hydrogen) atoms. The fraction of sp³-hybridized carbons (Fsp3) is 0.182. The van der Waals surface area contributed by atoms with Gasteiger partial charge in [0.25, 0.3) is 0 Å². The highest BCUT2D eigenvalue weighted by atomic mass is 79.9. The van der Waals surface area contributed by atoms with E-state index in [1.54, 1.807) is 15.6 Å². The predicted molar refractivity (Wildman–Crippen MR) is 68.4 cm³/mol. The zero-order valence-electron chi connectivity index (χ0n) is 9.26. The predicted octanol–water partition coefficient (Wildman–Crippen LogP) is 1.54. The van der Waals surface area contributed by atoms with Crippen LogP contribution in [0.2, 0.25) is 0 Å². The van der Waals surface area contributed by atoms with E-state index in [0.29, 0.717) is 17.6 Å². The highest BCUT2D eigenvalue weighted by Gasteiger charge is 2.25. The number of rotatable bonds is 1. The highest BCUT2D eigenvalue weighted by Crippen LogP contribution is 2.25. The average molecular weight is 309 g/mol. The van der Waals surface area contributed by atoms with Crippen LogP contribution in [0.15, 0.2) is 29.0 Å². The third kappa shape index (κ3) is 1.76. The fourth-order valence-electron chi connectivity index (χ4n) is 1.99. The number of amides is 3. The quantitative estimate of drug-likeness (QED) is 0.869. The molecule has 0 bridgehead atoms. The average Bonchev–Trinajstić information content (AvgIpc) is 2.69. The van der Waals surface area contributed by atoms with Crippen molar-refractivity contribution in [2.75, 3.05) is 11.4 Å². The van der Waals surface area contributed by atoms with Gasteiger partial charge in [0, 0.05) is 25.2 Å². The summed E-state index contributed by atoms with van der Waals surface area (Å²) in [5.74, 6) is -0.238. The van der Waals surface area contributed by atoms with E-state index in [2.05, 4.69) is 26.3 Å². The molecule has 3 amide bonds. The fourth-order valence-corrected chi connectivity index (χ4v) is 2.38. The Morgan fingerprint density at radius 3 is 3.00 bits per heavy atom. The van der Waals surface area contributed by atoms with Gasteiger partial charge in [0.2, 0.25) is 5.91 Å². The maximum absolute atomic E-state index is 11.8. The molecule has 1 aliphatic heterocycles. The van der Waals surface area contributed by atoms with E-state index in [-0.39, 0.29) is 5.91 Å². The van der Waals surface area contributed by atoms with E-state index in [9.17, 15) is 9.59 Å². The summed E-state index contributed by atoms with van der Waals surface area (Å²) in [6, 6.07) is 5.08. The summed E-state index contributed by atoms with van der Waals surface area (Å²) in [6.45, 7) is 0.382. The molecular weight excluding hydrogens is 300 g/mol. The van der Waals surface area contributed by atoms with Crippen molar-refractivity contribution in [3.63, 3.8) is 0 Å².